The van der Waals surface area contributed by atoms with Crippen LogP contribution in [0.5, 0.6) is 0 Å². The van der Waals surface area contributed by atoms with Crippen molar-refractivity contribution in [1.82, 2.24) is 15.5 Å². The van der Waals surface area contributed by atoms with Gasteiger partial charge in [0.15, 0.2) is 0 Å². The number of hydrogen-bond acceptors (Lipinski definition) is 5. The minimum absolute atomic E-state index is 0.0521. The number of halogens is 1. The van der Waals surface area contributed by atoms with Gasteiger partial charge in [-0.1, -0.05) is 41.9 Å². The van der Waals surface area contributed by atoms with Crippen LogP contribution in [0.2, 0.25) is 5.02 Å². The van der Waals surface area contributed by atoms with E-state index < -0.39 is 0 Å². The second-order valence-corrected chi connectivity index (χ2v) is 7.84. The Morgan fingerprint density at radius 1 is 1.17 bits per heavy atom. The van der Waals surface area contributed by atoms with Crippen molar-refractivity contribution in [2.45, 2.75) is 38.5 Å². The van der Waals surface area contributed by atoms with Crippen LogP contribution in [0.1, 0.15) is 34.8 Å². The largest absolute Gasteiger partial charge is 0.465 e. The van der Waals surface area contributed by atoms with E-state index in [-0.39, 0.29) is 24.0 Å². The van der Waals surface area contributed by atoms with E-state index in [9.17, 15) is 9.59 Å². The molecule has 1 heterocycles. The summed E-state index contributed by atoms with van der Waals surface area (Å²) in [6.45, 7) is 4.59. The lowest BCUT2D eigenvalue weighted by Gasteiger charge is -2.23. The molecule has 0 saturated carbocycles. The summed E-state index contributed by atoms with van der Waals surface area (Å²) < 4.78 is 4.73. The van der Waals surface area contributed by atoms with Crippen LogP contribution in [0.3, 0.4) is 0 Å². The molecule has 2 aromatic carbocycles. The standard InChI is InChI=1S/C23H28ClN3O3/c1-3-25-22(28)21-12-19(15-27(21)14-18-6-4-5-7-20(18)24)26-13-16-8-10-17(11-9-16)23(29)30-2/h4-11,19,21,26H,3,12-15H2,1-2H3,(H,25,28)/t19-,21+/m1/s1. The number of carbonyl (C=O) groups is 2. The molecule has 2 N–H and O–H groups in total. The molecule has 0 aliphatic carbocycles. The number of likely N-dealkylation sites (tertiary alicyclic amines) is 1. The van der Waals surface area contributed by atoms with Gasteiger partial charge in [-0.3, -0.25) is 9.69 Å². The molecule has 30 heavy (non-hydrogen) atoms. The van der Waals surface area contributed by atoms with Crippen molar-refractivity contribution < 1.29 is 14.3 Å². The van der Waals surface area contributed by atoms with Crippen molar-refractivity contribution in [2.75, 3.05) is 20.2 Å². The third-order valence-corrected chi connectivity index (χ3v) is 5.73. The number of hydrogen-bond donors (Lipinski definition) is 2. The number of nitrogens with zero attached hydrogens (tertiary/aromatic N) is 1. The van der Waals surface area contributed by atoms with Crippen LogP contribution >= 0.6 is 11.6 Å². The Balaban J connectivity index is 1.63. The predicted molar refractivity (Wildman–Crippen MR) is 117 cm³/mol. The van der Waals surface area contributed by atoms with E-state index in [4.69, 9.17) is 16.3 Å². The molecular formula is C23H28ClN3O3. The maximum absolute atomic E-state index is 12.6. The number of benzene rings is 2. The summed E-state index contributed by atoms with van der Waals surface area (Å²) in [6.07, 6.45) is 0.733. The van der Waals surface area contributed by atoms with Gasteiger partial charge in [-0.2, -0.15) is 0 Å². The lowest BCUT2D eigenvalue weighted by molar-refractivity contribution is -0.125. The fourth-order valence-electron chi connectivity index (χ4n) is 3.78. The number of likely N-dealkylation sites (N-methyl/N-ethyl adjacent to an activating group) is 1. The molecule has 0 radical (unpaired) electrons. The number of carbonyl (C=O) groups excluding carboxylic acids is 2. The zero-order valence-electron chi connectivity index (χ0n) is 17.4. The summed E-state index contributed by atoms with van der Waals surface area (Å²) >= 11 is 6.34. The van der Waals surface area contributed by atoms with Crippen LogP contribution in [0, 0.1) is 0 Å². The van der Waals surface area contributed by atoms with Crippen molar-refractivity contribution in [3.05, 3.63) is 70.2 Å². The van der Waals surface area contributed by atoms with Gasteiger partial charge in [0.1, 0.15) is 0 Å². The van der Waals surface area contributed by atoms with Gasteiger partial charge in [-0.15, -0.1) is 0 Å². The highest BCUT2D eigenvalue weighted by Crippen LogP contribution is 2.24. The maximum Gasteiger partial charge on any atom is 0.337 e. The molecule has 0 spiro atoms. The van der Waals surface area contributed by atoms with E-state index in [0.717, 1.165) is 24.1 Å². The van der Waals surface area contributed by atoms with Gasteiger partial charge in [0.05, 0.1) is 18.7 Å². The fourth-order valence-corrected chi connectivity index (χ4v) is 3.97. The van der Waals surface area contributed by atoms with E-state index in [2.05, 4.69) is 15.5 Å². The van der Waals surface area contributed by atoms with E-state index in [1.807, 2.05) is 43.3 Å². The van der Waals surface area contributed by atoms with Crippen LogP contribution in [0.4, 0.5) is 0 Å². The second-order valence-electron chi connectivity index (χ2n) is 7.43. The van der Waals surface area contributed by atoms with Gasteiger partial charge in [0.2, 0.25) is 5.91 Å². The predicted octanol–water partition coefficient (Wildman–Crippen LogP) is 3.00. The van der Waals surface area contributed by atoms with Crippen molar-refractivity contribution >= 4 is 23.5 Å². The number of rotatable bonds is 8. The van der Waals surface area contributed by atoms with Crippen LogP contribution in [-0.4, -0.2) is 49.1 Å². The van der Waals surface area contributed by atoms with Gasteiger partial charge in [-0.25, -0.2) is 4.79 Å². The Bertz CT molecular complexity index is 872. The first kappa shape index (κ1) is 22.3. The summed E-state index contributed by atoms with van der Waals surface area (Å²) in [7, 11) is 1.37. The molecular weight excluding hydrogens is 402 g/mol. The molecule has 1 fully saturated rings. The Labute approximate surface area is 182 Å². The quantitative estimate of drug-likeness (QED) is 0.631. The molecule has 7 heteroatoms. The molecule has 0 bridgehead atoms. The van der Waals surface area contributed by atoms with Crippen molar-refractivity contribution in [3.8, 4) is 0 Å². The lowest BCUT2D eigenvalue weighted by atomic mass is 10.1. The Hall–Kier alpha value is -2.41. The normalized spacial score (nSPS) is 18.9. The second kappa shape index (κ2) is 10.6. The average Bonchev–Trinajstić information content (AvgIpc) is 3.17. The maximum atomic E-state index is 12.6. The van der Waals surface area contributed by atoms with Crippen LogP contribution in [-0.2, 0) is 22.6 Å². The molecule has 1 amide bonds. The average molecular weight is 430 g/mol. The first-order valence-corrected chi connectivity index (χ1v) is 10.6. The van der Waals surface area contributed by atoms with Crippen molar-refractivity contribution in [1.29, 1.82) is 0 Å². The smallest absolute Gasteiger partial charge is 0.337 e. The Kier molecular flexibility index (Phi) is 7.85. The number of methoxy groups -OCH3 is 1. The highest BCUT2D eigenvalue weighted by Gasteiger charge is 2.36. The summed E-state index contributed by atoms with van der Waals surface area (Å²) in [5.74, 6) is -0.290. The van der Waals surface area contributed by atoms with Gasteiger partial charge in [-0.05, 0) is 42.7 Å². The minimum atomic E-state index is -0.342. The van der Waals surface area contributed by atoms with Gasteiger partial charge in [0, 0.05) is 37.2 Å². The highest BCUT2D eigenvalue weighted by atomic mass is 35.5. The van der Waals surface area contributed by atoms with E-state index >= 15 is 0 Å². The summed E-state index contributed by atoms with van der Waals surface area (Å²) in [4.78, 5) is 26.4. The number of amides is 1. The van der Waals surface area contributed by atoms with Crippen LogP contribution in [0.25, 0.3) is 0 Å². The number of esters is 1. The zero-order chi connectivity index (χ0) is 21.5. The molecule has 1 aliphatic rings. The molecule has 1 aliphatic heterocycles. The molecule has 160 valence electrons. The Morgan fingerprint density at radius 3 is 2.57 bits per heavy atom. The first-order chi connectivity index (χ1) is 14.5. The molecule has 3 rings (SSSR count). The molecule has 6 nitrogen and oxygen atoms in total. The first-order valence-electron chi connectivity index (χ1n) is 10.2. The van der Waals surface area contributed by atoms with Gasteiger partial charge >= 0.3 is 5.97 Å². The molecule has 0 unspecified atom stereocenters. The summed E-state index contributed by atoms with van der Waals surface area (Å²) in [5, 5.41) is 7.21. The van der Waals surface area contributed by atoms with E-state index in [1.54, 1.807) is 12.1 Å². The fraction of sp³-hybridized carbons (Fsp3) is 0.391. The van der Waals surface area contributed by atoms with Gasteiger partial charge < -0.3 is 15.4 Å². The highest BCUT2D eigenvalue weighted by molar-refractivity contribution is 6.31. The van der Waals surface area contributed by atoms with Crippen LogP contribution in [0.15, 0.2) is 48.5 Å². The number of nitrogens with one attached hydrogen (secondary N) is 2. The SMILES string of the molecule is CCNC(=O)[C@@H]1C[C@@H](NCc2ccc(C(=O)OC)cc2)CN1Cc1ccccc1Cl. The molecule has 0 aromatic heterocycles. The summed E-state index contributed by atoms with van der Waals surface area (Å²) in [5.41, 5.74) is 2.62. The molecule has 2 atom stereocenters. The van der Waals surface area contributed by atoms with Crippen molar-refractivity contribution in [3.63, 3.8) is 0 Å². The van der Waals surface area contributed by atoms with Gasteiger partial charge in [0.25, 0.3) is 0 Å². The van der Waals surface area contributed by atoms with E-state index in [0.29, 0.717) is 30.2 Å². The topological polar surface area (TPSA) is 70.7 Å². The molecule has 2 aromatic rings. The van der Waals surface area contributed by atoms with E-state index in [1.165, 1.54) is 7.11 Å². The third kappa shape index (κ3) is 5.59. The lowest BCUT2D eigenvalue weighted by Crippen LogP contribution is -2.42. The minimum Gasteiger partial charge on any atom is -0.465 e. The zero-order valence-corrected chi connectivity index (χ0v) is 18.1. The van der Waals surface area contributed by atoms with Crippen molar-refractivity contribution in [2.24, 2.45) is 0 Å². The monoisotopic (exact) mass is 429 g/mol. The van der Waals surface area contributed by atoms with Crippen LogP contribution < -0.4 is 10.6 Å². The Morgan fingerprint density at radius 2 is 1.90 bits per heavy atom. The summed E-state index contributed by atoms with van der Waals surface area (Å²) in [6, 6.07) is 15.1. The number of ether oxygens (including phenoxy) is 1. The third-order valence-electron chi connectivity index (χ3n) is 5.36. The molecule has 1 saturated heterocycles.